The lowest BCUT2D eigenvalue weighted by molar-refractivity contribution is -0.160. The number of carbonyl (C=O) groups is 1. The van der Waals surface area contributed by atoms with Crippen LogP contribution in [0.4, 0.5) is 0 Å². The van der Waals surface area contributed by atoms with Crippen LogP contribution in [0.1, 0.15) is 71.3 Å². The van der Waals surface area contributed by atoms with Crippen molar-refractivity contribution in [3.05, 3.63) is 29.8 Å². The van der Waals surface area contributed by atoms with Crippen molar-refractivity contribution in [1.82, 2.24) is 0 Å². The van der Waals surface area contributed by atoms with Gasteiger partial charge in [-0.15, -0.1) is 0 Å². The molecule has 0 unspecified atom stereocenters. The zero-order chi connectivity index (χ0) is 26.0. The van der Waals surface area contributed by atoms with E-state index in [2.05, 4.69) is 0 Å². The van der Waals surface area contributed by atoms with E-state index < -0.39 is 15.7 Å². The van der Waals surface area contributed by atoms with Gasteiger partial charge in [0.05, 0.1) is 11.5 Å². The van der Waals surface area contributed by atoms with Crippen molar-refractivity contribution in [3.63, 3.8) is 0 Å². The first-order chi connectivity index (χ1) is 16.6. The van der Waals surface area contributed by atoms with Gasteiger partial charge in [0, 0.05) is 33.0 Å². The van der Waals surface area contributed by atoms with Gasteiger partial charge in [-0.1, -0.05) is 17.7 Å². The van der Waals surface area contributed by atoms with Gasteiger partial charge in [-0.3, -0.25) is 4.18 Å². The minimum atomic E-state index is -3.67. The Labute approximate surface area is 211 Å². The van der Waals surface area contributed by atoms with E-state index in [0.717, 1.165) is 44.1 Å². The third-order valence-corrected chi connectivity index (χ3v) is 6.10. The molecule has 0 amide bonds. The Morgan fingerprint density at radius 3 is 1.69 bits per heavy atom. The van der Waals surface area contributed by atoms with Crippen LogP contribution in [-0.2, 0) is 38.0 Å². The Kier molecular flexibility index (Phi) is 16.1. The molecule has 0 aliphatic rings. The number of hydrogen-bond acceptors (Lipinski definition) is 8. The number of hydrogen-bond donors (Lipinski definition) is 0. The summed E-state index contributed by atoms with van der Waals surface area (Å²) in [4.78, 5) is 11.7. The molecule has 0 fully saturated rings. The summed E-state index contributed by atoms with van der Waals surface area (Å²) < 4.78 is 51.0. The van der Waals surface area contributed by atoms with E-state index in [4.69, 9.17) is 23.1 Å². The predicted octanol–water partition coefficient (Wildman–Crippen LogP) is 4.82. The van der Waals surface area contributed by atoms with Crippen LogP contribution in [0.2, 0.25) is 0 Å². The Hall–Kier alpha value is -1.52. The van der Waals surface area contributed by atoms with Crippen LogP contribution in [0, 0.1) is 6.92 Å². The molecule has 0 bridgehead atoms. The number of aryl methyl sites for hydroxylation is 1. The maximum Gasteiger partial charge on any atom is 0.332 e. The van der Waals surface area contributed by atoms with Crippen LogP contribution in [0.15, 0.2) is 29.2 Å². The lowest BCUT2D eigenvalue weighted by Crippen LogP contribution is -2.26. The van der Waals surface area contributed by atoms with Crippen LogP contribution in [0.25, 0.3) is 0 Å². The Morgan fingerprint density at radius 2 is 1.17 bits per heavy atom. The Bertz CT molecular complexity index is 785. The van der Waals surface area contributed by atoms with Gasteiger partial charge in [0.2, 0.25) is 0 Å². The van der Waals surface area contributed by atoms with Gasteiger partial charge in [-0.2, -0.15) is 8.42 Å². The van der Waals surface area contributed by atoms with Crippen LogP contribution in [0.3, 0.4) is 0 Å². The van der Waals surface area contributed by atoms with Crippen LogP contribution >= 0.6 is 0 Å². The molecule has 1 aromatic carbocycles. The maximum absolute atomic E-state index is 12.1. The van der Waals surface area contributed by atoms with Gasteiger partial charge in [0.1, 0.15) is 12.2 Å². The molecule has 0 aliphatic carbocycles. The molecule has 202 valence electrons. The van der Waals surface area contributed by atoms with E-state index in [9.17, 15) is 13.2 Å². The van der Waals surface area contributed by atoms with Crippen LogP contribution < -0.4 is 0 Å². The number of esters is 1. The lowest BCUT2D eigenvalue weighted by Gasteiger charge is -2.19. The topological polar surface area (TPSA) is 97.4 Å². The predicted molar refractivity (Wildman–Crippen MR) is 135 cm³/mol. The van der Waals surface area contributed by atoms with E-state index in [1.165, 1.54) is 0 Å². The highest BCUT2D eigenvalue weighted by Gasteiger charge is 2.16. The molecule has 8 nitrogen and oxygen atoms in total. The zero-order valence-corrected chi connectivity index (χ0v) is 22.7. The average molecular weight is 517 g/mol. The highest BCUT2D eigenvalue weighted by molar-refractivity contribution is 7.86. The minimum absolute atomic E-state index is 0.0121. The molecule has 0 saturated carbocycles. The molecule has 0 spiro atoms. The van der Waals surface area contributed by atoms with Gasteiger partial charge < -0.3 is 18.9 Å². The summed E-state index contributed by atoms with van der Waals surface area (Å²) in [6.07, 6.45) is 6.02. The van der Waals surface area contributed by atoms with Crippen molar-refractivity contribution in [2.75, 3.05) is 46.2 Å². The second-order valence-electron chi connectivity index (χ2n) is 9.43. The lowest BCUT2D eigenvalue weighted by atomic mass is 10.2. The summed E-state index contributed by atoms with van der Waals surface area (Å²) in [5.74, 6) is -0.339. The highest BCUT2D eigenvalue weighted by Crippen LogP contribution is 2.14. The molecule has 1 aromatic rings. The third-order valence-electron chi connectivity index (χ3n) is 4.78. The quantitative estimate of drug-likeness (QED) is 0.138. The molecule has 0 radical (unpaired) electrons. The highest BCUT2D eigenvalue weighted by atomic mass is 32.2. The first-order valence-electron chi connectivity index (χ1n) is 12.5. The van der Waals surface area contributed by atoms with E-state index in [0.29, 0.717) is 39.5 Å². The van der Waals surface area contributed by atoms with Crippen LogP contribution in [0.5, 0.6) is 0 Å². The van der Waals surface area contributed by atoms with Gasteiger partial charge >= 0.3 is 5.97 Å². The molecule has 0 aromatic heterocycles. The average Bonchev–Trinajstić information content (AvgIpc) is 2.77. The summed E-state index contributed by atoms with van der Waals surface area (Å²) in [6.45, 7) is 10.8. The maximum atomic E-state index is 12.1. The van der Waals surface area contributed by atoms with Crippen molar-refractivity contribution in [2.24, 2.45) is 0 Å². The number of ether oxygens (including phenoxy) is 4. The van der Waals surface area contributed by atoms with E-state index in [1.54, 1.807) is 24.3 Å². The second-order valence-corrected chi connectivity index (χ2v) is 11.0. The normalized spacial score (nSPS) is 12.1. The SMILES string of the molecule is Cc1ccc(S(=O)(=O)OCCCCCOCCCCOCCCCOCC(=O)OC(C)(C)C)cc1. The monoisotopic (exact) mass is 516 g/mol. The van der Waals surface area contributed by atoms with E-state index in [1.807, 2.05) is 27.7 Å². The standard InChI is InChI=1S/C26H44O8S/c1-23-12-14-24(15-13-23)35(28,29)33-21-7-5-6-16-30-17-8-9-18-31-19-10-11-20-32-22-25(27)34-26(2,3)4/h12-15H,5-11,16-22H2,1-4H3. The largest absolute Gasteiger partial charge is 0.458 e. The van der Waals surface area contributed by atoms with E-state index >= 15 is 0 Å². The number of unbranched alkanes of at least 4 members (excludes halogenated alkanes) is 4. The molecule has 1 rings (SSSR count). The van der Waals surface area contributed by atoms with Gasteiger partial charge in [0.15, 0.2) is 0 Å². The molecule has 0 aliphatic heterocycles. The molecular formula is C26H44O8S. The number of benzene rings is 1. The summed E-state index contributed by atoms with van der Waals surface area (Å²) >= 11 is 0. The van der Waals surface area contributed by atoms with Crippen molar-refractivity contribution in [3.8, 4) is 0 Å². The fourth-order valence-electron chi connectivity index (χ4n) is 2.97. The van der Waals surface area contributed by atoms with Crippen molar-refractivity contribution in [2.45, 2.75) is 83.1 Å². The second kappa shape index (κ2) is 17.8. The fraction of sp³-hybridized carbons (Fsp3) is 0.731. The fourth-order valence-corrected chi connectivity index (χ4v) is 3.91. The van der Waals surface area contributed by atoms with Gasteiger partial charge in [-0.25, -0.2) is 4.79 Å². The molecular weight excluding hydrogens is 472 g/mol. The zero-order valence-electron chi connectivity index (χ0n) is 21.9. The summed E-state index contributed by atoms with van der Waals surface area (Å²) in [7, 11) is -3.67. The summed E-state index contributed by atoms with van der Waals surface area (Å²) in [5.41, 5.74) is 0.525. The summed E-state index contributed by atoms with van der Waals surface area (Å²) in [6, 6.07) is 6.65. The minimum Gasteiger partial charge on any atom is -0.458 e. The third kappa shape index (κ3) is 17.5. The van der Waals surface area contributed by atoms with E-state index in [-0.39, 0.29) is 24.1 Å². The molecule has 9 heteroatoms. The van der Waals surface area contributed by atoms with Gasteiger partial charge in [0.25, 0.3) is 10.1 Å². The molecule has 0 N–H and O–H groups in total. The molecule has 0 heterocycles. The van der Waals surface area contributed by atoms with Crippen molar-refractivity contribution in [1.29, 1.82) is 0 Å². The van der Waals surface area contributed by atoms with Crippen molar-refractivity contribution < 1.29 is 36.3 Å². The Balaban J connectivity index is 1.82. The molecule has 35 heavy (non-hydrogen) atoms. The first-order valence-corrected chi connectivity index (χ1v) is 13.9. The first kappa shape index (κ1) is 31.5. The van der Waals surface area contributed by atoms with Gasteiger partial charge in [-0.05, 0) is 84.8 Å². The number of carbonyl (C=O) groups excluding carboxylic acids is 1. The van der Waals surface area contributed by atoms with Crippen molar-refractivity contribution >= 4 is 16.1 Å². The molecule has 0 atom stereocenters. The molecule has 0 saturated heterocycles. The van der Waals surface area contributed by atoms with Crippen LogP contribution in [-0.4, -0.2) is 66.2 Å². The Morgan fingerprint density at radius 1 is 0.714 bits per heavy atom. The number of rotatable bonds is 20. The summed E-state index contributed by atoms with van der Waals surface area (Å²) in [5, 5.41) is 0. The smallest absolute Gasteiger partial charge is 0.332 e.